The van der Waals surface area contributed by atoms with Gasteiger partial charge in [-0.15, -0.1) is 0 Å². The zero-order valence-corrected chi connectivity index (χ0v) is 15.0. The minimum atomic E-state index is -5.79. The van der Waals surface area contributed by atoms with E-state index in [9.17, 15) is 31.6 Å². The molecule has 0 aromatic heterocycles. The second kappa shape index (κ2) is 6.22. The summed E-state index contributed by atoms with van der Waals surface area (Å²) in [5.74, 6) is -0.887. The molecule has 1 aromatic rings. The van der Waals surface area contributed by atoms with Crippen molar-refractivity contribution in [1.29, 1.82) is 5.26 Å². The van der Waals surface area contributed by atoms with E-state index in [1.54, 1.807) is 32.9 Å². The van der Waals surface area contributed by atoms with Gasteiger partial charge in [-0.3, -0.25) is 0 Å². The molecule has 27 heavy (non-hydrogen) atoms. The molecule has 1 aromatic carbocycles. The number of nitrogens with zero attached hydrogens (tertiary/aromatic N) is 2. The lowest BCUT2D eigenvalue weighted by molar-refractivity contribution is -0.306. The molecule has 0 saturated carbocycles. The number of hydrogen-bond acceptors (Lipinski definition) is 3. The van der Waals surface area contributed by atoms with Gasteiger partial charge in [0.15, 0.2) is 0 Å². The van der Waals surface area contributed by atoms with Crippen LogP contribution in [0, 0.1) is 37.5 Å². The van der Waals surface area contributed by atoms with Gasteiger partial charge in [0, 0.05) is 5.70 Å². The number of allylic oxidation sites excluding steroid dienone is 3. The maximum Gasteiger partial charge on any atom is 0.411 e. The van der Waals surface area contributed by atoms with Crippen molar-refractivity contribution < 1.29 is 26.3 Å². The van der Waals surface area contributed by atoms with Gasteiger partial charge in [0.1, 0.15) is 11.9 Å². The normalized spacial score (nSPS) is 17.7. The molecule has 1 heterocycles. The van der Waals surface area contributed by atoms with E-state index in [1.807, 2.05) is 0 Å². The Hall–Kier alpha value is -2.63. The molecule has 3 nitrogen and oxygen atoms in total. The van der Waals surface area contributed by atoms with Crippen molar-refractivity contribution in [2.75, 3.05) is 4.90 Å². The molecular formula is C18H17F6N3. The maximum absolute atomic E-state index is 13.6. The van der Waals surface area contributed by atoms with Crippen molar-refractivity contribution in [3.63, 3.8) is 0 Å². The fraction of sp³-hybridized carbons (Fsp3) is 0.389. The molecule has 0 atom stereocenters. The largest absolute Gasteiger partial charge is 0.411 e. The third kappa shape index (κ3) is 2.93. The van der Waals surface area contributed by atoms with Crippen LogP contribution in [0.5, 0.6) is 0 Å². The average molecular weight is 389 g/mol. The number of hydrogen-bond donors (Lipinski definition) is 1. The molecule has 0 spiro atoms. The molecular weight excluding hydrogens is 372 g/mol. The number of aryl methyl sites for hydroxylation is 3. The first-order chi connectivity index (χ1) is 12.2. The molecule has 146 valence electrons. The van der Waals surface area contributed by atoms with Crippen LogP contribution < -0.4 is 10.6 Å². The van der Waals surface area contributed by atoms with Crippen LogP contribution >= 0.6 is 0 Å². The minimum absolute atomic E-state index is 0.0284. The van der Waals surface area contributed by atoms with E-state index in [2.05, 4.69) is 0 Å². The second-order valence-corrected chi connectivity index (χ2v) is 6.54. The van der Waals surface area contributed by atoms with Gasteiger partial charge < -0.3 is 10.6 Å². The summed E-state index contributed by atoms with van der Waals surface area (Å²) in [5.41, 5.74) is 1.76. The van der Waals surface area contributed by atoms with E-state index in [4.69, 9.17) is 5.73 Å². The van der Waals surface area contributed by atoms with Crippen LogP contribution in [0.15, 0.2) is 35.3 Å². The fourth-order valence-corrected chi connectivity index (χ4v) is 3.53. The molecule has 0 unspecified atom stereocenters. The van der Waals surface area contributed by atoms with Gasteiger partial charge in [0.05, 0.1) is 11.3 Å². The van der Waals surface area contributed by atoms with Gasteiger partial charge in [-0.25, -0.2) is 0 Å². The highest BCUT2D eigenvalue weighted by molar-refractivity contribution is 5.70. The summed E-state index contributed by atoms with van der Waals surface area (Å²) in [6.45, 7) is 6.24. The van der Waals surface area contributed by atoms with Crippen LogP contribution in [0.3, 0.4) is 0 Å². The summed E-state index contributed by atoms with van der Waals surface area (Å²) < 4.78 is 81.6. The van der Waals surface area contributed by atoms with E-state index < -0.39 is 29.2 Å². The van der Waals surface area contributed by atoms with Gasteiger partial charge in [0.2, 0.25) is 5.41 Å². The predicted octanol–water partition coefficient (Wildman–Crippen LogP) is 5.14. The molecule has 0 aliphatic carbocycles. The molecule has 0 saturated heterocycles. The van der Waals surface area contributed by atoms with Crippen molar-refractivity contribution in [2.45, 2.75) is 40.0 Å². The Labute approximate surface area is 152 Å². The molecule has 9 heteroatoms. The predicted molar refractivity (Wildman–Crippen MR) is 88.3 cm³/mol. The van der Waals surface area contributed by atoms with Gasteiger partial charge in [-0.05, 0) is 44.9 Å². The molecule has 2 N–H and O–H groups in total. The second-order valence-electron chi connectivity index (χ2n) is 6.54. The SMILES string of the molecule is CC1=CC(C(F)(F)F)(C(F)(F)F)C(C#N)=C(N)N1c1c(C)cc(C)cc1C. The Morgan fingerprint density at radius 1 is 0.963 bits per heavy atom. The van der Waals surface area contributed by atoms with Gasteiger partial charge in [-0.2, -0.15) is 31.6 Å². The van der Waals surface area contributed by atoms with Crippen LogP contribution in [0.25, 0.3) is 0 Å². The Kier molecular flexibility index (Phi) is 4.76. The summed E-state index contributed by atoms with van der Waals surface area (Å²) in [4.78, 5) is 1.07. The Bertz CT molecular complexity index is 847. The van der Waals surface area contributed by atoms with Crippen LogP contribution in [0.4, 0.5) is 32.0 Å². The van der Waals surface area contributed by atoms with Crippen molar-refractivity contribution in [3.05, 3.63) is 52.0 Å². The highest BCUT2D eigenvalue weighted by atomic mass is 19.4. The van der Waals surface area contributed by atoms with Crippen molar-refractivity contribution >= 4 is 5.69 Å². The summed E-state index contributed by atoms with van der Waals surface area (Å²) >= 11 is 0. The van der Waals surface area contributed by atoms with Crippen molar-refractivity contribution in [3.8, 4) is 6.07 Å². The summed E-state index contributed by atoms with van der Waals surface area (Å²) in [6.07, 6.45) is -11.5. The van der Waals surface area contributed by atoms with E-state index in [0.717, 1.165) is 23.5 Å². The smallest absolute Gasteiger partial charge is 0.384 e. The Morgan fingerprint density at radius 3 is 1.78 bits per heavy atom. The fourth-order valence-electron chi connectivity index (χ4n) is 3.53. The molecule has 0 bridgehead atoms. The first-order valence-corrected chi connectivity index (χ1v) is 7.80. The monoisotopic (exact) mass is 389 g/mol. The van der Waals surface area contributed by atoms with Gasteiger partial charge in [-0.1, -0.05) is 17.7 Å². The van der Waals surface area contributed by atoms with Crippen LogP contribution in [0.1, 0.15) is 23.6 Å². The lowest BCUT2D eigenvalue weighted by Crippen LogP contribution is -2.54. The quantitative estimate of drug-likeness (QED) is 0.677. The molecule has 0 amide bonds. The lowest BCUT2D eigenvalue weighted by atomic mass is 9.75. The summed E-state index contributed by atoms with van der Waals surface area (Å²) in [6, 6.07) is 4.51. The van der Waals surface area contributed by atoms with E-state index in [1.165, 1.54) is 0 Å². The van der Waals surface area contributed by atoms with Gasteiger partial charge >= 0.3 is 12.4 Å². The van der Waals surface area contributed by atoms with Gasteiger partial charge in [0.25, 0.3) is 0 Å². The number of nitrogens with two attached hydrogens (primary N) is 1. The molecule has 1 aliphatic rings. The van der Waals surface area contributed by atoms with Crippen molar-refractivity contribution in [2.24, 2.45) is 11.1 Å². The molecule has 0 radical (unpaired) electrons. The van der Waals surface area contributed by atoms with E-state index in [-0.39, 0.29) is 11.8 Å². The number of nitriles is 1. The van der Waals surface area contributed by atoms with E-state index >= 15 is 0 Å². The van der Waals surface area contributed by atoms with E-state index in [0.29, 0.717) is 16.8 Å². The highest BCUT2D eigenvalue weighted by Gasteiger charge is 2.73. The number of rotatable bonds is 1. The minimum Gasteiger partial charge on any atom is -0.384 e. The Balaban J connectivity index is 2.89. The van der Waals surface area contributed by atoms with Crippen LogP contribution in [-0.4, -0.2) is 12.4 Å². The third-order valence-electron chi connectivity index (χ3n) is 4.53. The Morgan fingerprint density at radius 2 is 1.41 bits per heavy atom. The third-order valence-corrected chi connectivity index (χ3v) is 4.53. The molecule has 2 rings (SSSR count). The van der Waals surface area contributed by atoms with Crippen LogP contribution in [-0.2, 0) is 0 Å². The van der Waals surface area contributed by atoms with Crippen molar-refractivity contribution in [1.82, 2.24) is 0 Å². The zero-order chi connectivity index (χ0) is 20.9. The zero-order valence-electron chi connectivity index (χ0n) is 15.0. The number of alkyl halides is 6. The topological polar surface area (TPSA) is 53.1 Å². The maximum atomic E-state index is 13.6. The number of benzene rings is 1. The lowest BCUT2D eigenvalue weighted by Gasteiger charge is -2.42. The highest BCUT2D eigenvalue weighted by Crippen LogP contribution is 2.59. The summed E-state index contributed by atoms with van der Waals surface area (Å²) in [5, 5.41) is 9.21. The first-order valence-electron chi connectivity index (χ1n) is 7.80. The van der Waals surface area contributed by atoms with Crippen LogP contribution in [0.2, 0.25) is 0 Å². The molecule has 1 aliphatic heterocycles. The standard InChI is InChI=1S/C18H17F6N3/c1-9-5-10(2)14(11(3)6-9)27-12(4)7-16(17(19,20)21,18(22,23)24)13(8-25)15(27)26/h5-7H,26H2,1-4H3. The average Bonchev–Trinajstić information content (AvgIpc) is 2.46. The molecule has 0 fully saturated rings. The number of halogens is 6. The number of anilines is 1. The first kappa shape index (κ1) is 20.7. The summed E-state index contributed by atoms with van der Waals surface area (Å²) in [7, 11) is 0.